The summed E-state index contributed by atoms with van der Waals surface area (Å²) in [7, 11) is 3.57. The molecule has 0 atom stereocenters. The van der Waals surface area contributed by atoms with Gasteiger partial charge < -0.3 is 15.5 Å². The second-order valence-corrected chi connectivity index (χ2v) is 5.00. The number of nitrogens with one attached hydrogen (secondary N) is 2. The average molecular weight is 314 g/mol. The topological polar surface area (TPSA) is 44.4 Å². The summed E-state index contributed by atoms with van der Waals surface area (Å²) in [5.41, 5.74) is 2.25. The second-order valence-electron chi connectivity index (χ2n) is 4.08. The van der Waals surface area contributed by atoms with Gasteiger partial charge in [-0.15, -0.1) is 0 Å². The molecule has 0 radical (unpaired) electrons. The van der Waals surface area contributed by atoms with Gasteiger partial charge >= 0.3 is 0 Å². The highest BCUT2D eigenvalue weighted by Crippen LogP contribution is 2.23. The zero-order valence-electron chi connectivity index (χ0n) is 11.1. The number of amides is 1. The number of hydrogen-bond acceptors (Lipinski definition) is 3. The third-order valence-electron chi connectivity index (χ3n) is 2.68. The summed E-state index contributed by atoms with van der Waals surface area (Å²) in [5.74, 6) is 0.00909. The summed E-state index contributed by atoms with van der Waals surface area (Å²) in [6.45, 7) is 4.15. The van der Waals surface area contributed by atoms with Crippen LogP contribution in [0.25, 0.3) is 0 Å². The highest BCUT2D eigenvalue weighted by molar-refractivity contribution is 9.10. The van der Waals surface area contributed by atoms with Gasteiger partial charge in [0.05, 0.1) is 6.54 Å². The monoisotopic (exact) mass is 313 g/mol. The van der Waals surface area contributed by atoms with E-state index in [-0.39, 0.29) is 5.91 Å². The van der Waals surface area contributed by atoms with Crippen molar-refractivity contribution in [2.75, 3.05) is 32.1 Å². The molecule has 0 heterocycles. The Kier molecular flexibility index (Phi) is 6.15. The molecule has 0 aliphatic carbocycles. The van der Waals surface area contributed by atoms with Crippen LogP contribution in [-0.4, -0.2) is 33.1 Å². The van der Waals surface area contributed by atoms with Crippen LogP contribution in [0.15, 0.2) is 22.7 Å². The van der Waals surface area contributed by atoms with Gasteiger partial charge in [-0.05, 0) is 30.3 Å². The van der Waals surface area contributed by atoms with E-state index in [9.17, 15) is 4.79 Å². The summed E-state index contributed by atoms with van der Waals surface area (Å²) in [6, 6.07) is 6.10. The average Bonchev–Trinajstić information content (AvgIpc) is 2.36. The van der Waals surface area contributed by atoms with E-state index in [1.54, 1.807) is 7.05 Å². The molecule has 0 bridgehead atoms. The molecule has 100 valence electrons. The molecule has 0 aliphatic heterocycles. The molecule has 18 heavy (non-hydrogen) atoms. The van der Waals surface area contributed by atoms with E-state index in [1.165, 1.54) is 5.56 Å². The molecule has 2 N–H and O–H groups in total. The molecule has 0 fully saturated rings. The lowest BCUT2D eigenvalue weighted by molar-refractivity contribution is -0.119. The van der Waals surface area contributed by atoms with Crippen LogP contribution in [-0.2, 0) is 11.3 Å². The maximum Gasteiger partial charge on any atom is 0.239 e. The van der Waals surface area contributed by atoms with Gasteiger partial charge in [0.15, 0.2) is 0 Å². The van der Waals surface area contributed by atoms with Crippen LogP contribution in [0.3, 0.4) is 0 Å². The Balaban J connectivity index is 2.88. The Bertz CT molecular complexity index is 409. The first-order valence-corrected chi connectivity index (χ1v) is 6.78. The van der Waals surface area contributed by atoms with Crippen molar-refractivity contribution in [3.8, 4) is 0 Å². The van der Waals surface area contributed by atoms with Gasteiger partial charge in [-0.25, -0.2) is 0 Å². The Morgan fingerprint density at radius 2 is 2.17 bits per heavy atom. The van der Waals surface area contributed by atoms with E-state index in [1.807, 2.05) is 24.1 Å². The van der Waals surface area contributed by atoms with Crippen molar-refractivity contribution in [3.05, 3.63) is 28.2 Å². The standard InChI is InChI=1S/C13H20BrN3O/c1-4-16-8-10-7-11(14)5-6-12(10)17(3)9-13(18)15-2/h5-7,16H,4,8-9H2,1-3H3,(H,15,18). The second kappa shape index (κ2) is 7.38. The molecule has 1 amide bonds. The SMILES string of the molecule is CCNCc1cc(Br)ccc1N(C)CC(=O)NC. The summed E-state index contributed by atoms with van der Waals surface area (Å²) >= 11 is 3.48. The largest absolute Gasteiger partial charge is 0.365 e. The third-order valence-corrected chi connectivity index (χ3v) is 3.17. The van der Waals surface area contributed by atoms with Crippen LogP contribution < -0.4 is 15.5 Å². The molecule has 1 rings (SSSR count). The number of rotatable bonds is 6. The summed E-state index contributed by atoms with van der Waals surface area (Å²) < 4.78 is 1.05. The molecule has 4 nitrogen and oxygen atoms in total. The van der Waals surface area contributed by atoms with Gasteiger partial charge in [-0.1, -0.05) is 22.9 Å². The lowest BCUT2D eigenvalue weighted by atomic mass is 10.1. The van der Waals surface area contributed by atoms with Crippen molar-refractivity contribution >= 4 is 27.5 Å². The van der Waals surface area contributed by atoms with Gasteiger partial charge in [0.2, 0.25) is 5.91 Å². The first kappa shape index (κ1) is 15.0. The molecular formula is C13H20BrN3O. The smallest absolute Gasteiger partial charge is 0.239 e. The van der Waals surface area contributed by atoms with Gasteiger partial charge in [-0.3, -0.25) is 4.79 Å². The lowest BCUT2D eigenvalue weighted by Gasteiger charge is -2.22. The fourth-order valence-corrected chi connectivity index (χ4v) is 2.12. The molecule has 0 aliphatic rings. The number of anilines is 1. The zero-order valence-corrected chi connectivity index (χ0v) is 12.7. The molecule has 1 aromatic carbocycles. The van der Waals surface area contributed by atoms with Crippen LogP contribution in [0, 0.1) is 0 Å². The number of nitrogens with zero attached hydrogens (tertiary/aromatic N) is 1. The molecule has 5 heteroatoms. The van der Waals surface area contributed by atoms with E-state index in [0.29, 0.717) is 6.54 Å². The maximum atomic E-state index is 11.4. The van der Waals surface area contributed by atoms with Crippen molar-refractivity contribution in [1.82, 2.24) is 10.6 Å². The molecular weight excluding hydrogens is 294 g/mol. The predicted molar refractivity (Wildman–Crippen MR) is 78.9 cm³/mol. The van der Waals surface area contributed by atoms with Crippen molar-refractivity contribution in [3.63, 3.8) is 0 Å². The third kappa shape index (κ3) is 4.31. The normalized spacial score (nSPS) is 10.2. The molecule has 0 aromatic heterocycles. The number of likely N-dealkylation sites (N-methyl/N-ethyl adjacent to an activating group) is 2. The van der Waals surface area contributed by atoms with Gasteiger partial charge in [0.1, 0.15) is 0 Å². The van der Waals surface area contributed by atoms with Crippen molar-refractivity contribution in [1.29, 1.82) is 0 Å². The van der Waals surface area contributed by atoms with E-state index in [4.69, 9.17) is 0 Å². The van der Waals surface area contributed by atoms with Crippen molar-refractivity contribution < 1.29 is 4.79 Å². The van der Waals surface area contributed by atoms with E-state index < -0.39 is 0 Å². The minimum Gasteiger partial charge on any atom is -0.365 e. The van der Waals surface area contributed by atoms with Crippen molar-refractivity contribution in [2.45, 2.75) is 13.5 Å². The first-order chi connectivity index (χ1) is 8.58. The predicted octanol–water partition coefficient (Wildman–Crippen LogP) is 1.74. The minimum absolute atomic E-state index is 0.00909. The lowest BCUT2D eigenvalue weighted by Crippen LogP contribution is -2.33. The Morgan fingerprint density at radius 3 is 2.78 bits per heavy atom. The fraction of sp³-hybridized carbons (Fsp3) is 0.462. The van der Waals surface area contributed by atoms with Crippen LogP contribution in [0.1, 0.15) is 12.5 Å². The van der Waals surface area contributed by atoms with E-state index in [0.717, 1.165) is 23.2 Å². The Hall–Kier alpha value is -1.07. The van der Waals surface area contributed by atoms with E-state index in [2.05, 4.69) is 39.6 Å². The van der Waals surface area contributed by atoms with Gasteiger partial charge in [-0.2, -0.15) is 0 Å². The molecule has 1 aromatic rings. The summed E-state index contributed by atoms with van der Waals surface area (Å²) in [6.07, 6.45) is 0. The first-order valence-electron chi connectivity index (χ1n) is 5.99. The van der Waals surface area contributed by atoms with Crippen molar-refractivity contribution in [2.24, 2.45) is 0 Å². The van der Waals surface area contributed by atoms with Crippen LogP contribution in [0.5, 0.6) is 0 Å². The minimum atomic E-state index is 0.00909. The van der Waals surface area contributed by atoms with Crippen LogP contribution >= 0.6 is 15.9 Å². The van der Waals surface area contributed by atoms with Crippen LogP contribution in [0.4, 0.5) is 5.69 Å². The number of benzene rings is 1. The number of carbonyl (C=O) groups excluding carboxylic acids is 1. The number of hydrogen-bond donors (Lipinski definition) is 2. The fourth-order valence-electron chi connectivity index (χ4n) is 1.71. The Morgan fingerprint density at radius 1 is 1.44 bits per heavy atom. The number of halogens is 1. The Labute approximate surface area is 117 Å². The van der Waals surface area contributed by atoms with Gasteiger partial charge in [0.25, 0.3) is 0 Å². The molecule has 0 unspecified atom stereocenters. The summed E-state index contributed by atoms with van der Waals surface area (Å²) in [4.78, 5) is 13.4. The highest BCUT2D eigenvalue weighted by Gasteiger charge is 2.10. The van der Waals surface area contributed by atoms with Gasteiger partial charge in [0, 0.05) is 30.8 Å². The molecule has 0 saturated carbocycles. The zero-order chi connectivity index (χ0) is 13.5. The number of carbonyl (C=O) groups is 1. The molecule has 0 spiro atoms. The van der Waals surface area contributed by atoms with E-state index >= 15 is 0 Å². The quantitative estimate of drug-likeness (QED) is 0.841. The highest BCUT2D eigenvalue weighted by atomic mass is 79.9. The van der Waals surface area contributed by atoms with Crippen LogP contribution in [0.2, 0.25) is 0 Å². The summed E-state index contributed by atoms with van der Waals surface area (Å²) in [5, 5.41) is 5.94. The molecule has 0 saturated heterocycles. The maximum absolute atomic E-state index is 11.4.